The van der Waals surface area contributed by atoms with Gasteiger partial charge in [-0.2, -0.15) is 5.10 Å². The minimum atomic E-state index is -0.460. The standard InChI is InChI=1S/C31H26N4O2/c1-3-37-24-12-11-21(2)26(20-24)30(36)33-31(14-15-31)27-18-22(19-29-25(27)10-7-16-32-29)28-13-17-35(34-28)23-8-5-4-6-9-23/h3-13,16-20H,1,14-15H2,2H3,(H,33,36). The van der Waals surface area contributed by atoms with Crippen molar-refractivity contribution in [2.24, 2.45) is 0 Å². The second-order valence-electron chi connectivity index (χ2n) is 9.37. The Morgan fingerprint density at radius 1 is 1.05 bits per heavy atom. The van der Waals surface area contributed by atoms with Gasteiger partial charge >= 0.3 is 0 Å². The maximum absolute atomic E-state index is 13.5. The SMILES string of the molecule is C=COc1ccc(C)c(C(=O)NC2(c3cc(-c4ccn(-c5ccccc5)n4)cc4ncccc34)CC2)c1. The van der Waals surface area contributed by atoms with E-state index in [4.69, 9.17) is 9.84 Å². The molecule has 3 aromatic carbocycles. The van der Waals surface area contributed by atoms with Crippen molar-refractivity contribution in [1.29, 1.82) is 0 Å². The van der Waals surface area contributed by atoms with Crippen LogP contribution >= 0.6 is 0 Å². The van der Waals surface area contributed by atoms with Gasteiger partial charge in [-0.1, -0.05) is 36.9 Å². The molecule has 2 aromatic heterocycles. The number of ether oxygens (including phenoxy) is 1. The van der Waals surface area contributed by atoms with E-state index in [1.165, 1.54) is 6.26 Å². The van der Waals surface area contributed by atoms with Crippen LogP contribution in [-0.2, 0) is 5.54 Å². The molecule has 0 saturated heterocycles. The lowest BCUT2D eigenvalue weighted by atomic mass is 9.95. The van der Waals surface area contributed by atoms with Crippen LogP contribution < -0.4 is 10.1 Å². The largest absolute Gasteiger partial charge is 0.466 e. The first-order valence-corrected chi connectivity index (χ1v) is 12.3. The number of pyridine rings is 1. The molecule has 0 spiro atoms. The highest BCUT2D eigenvalue weighted by Gasteiger charge is 2.47. The van der Waals surface area contributed by atoms with Crippen LogP contribution in [0.3, 0.4) is 0 Å². The highest BCUT2D eigenvalue weighted by atomic mass is 16.5. The fraction of sp³-hybridized carbons (Fsp3) is 0.129. The molecule has 1 N–H and O–H groups in total. The van der Waals surface area contributed by atoms with E-state index in [1.807, 2.05) is 72.4 Å². The number of nitrogens with zero attached hydrogens (tertiary/aromatic N) is 3. The second-order valence-corrected chi connectivity index (χ2v) is 9.37. The van der Waals surface area contributed by atoms with Crippen molar-refractivity contribution in [3.63, 3.8) is 0 Å². The normalized spacial score (nSPS) is 13.8. The van der Waals surface area contributed by atoms with Crippen molar-refractivity contribution < 1.29 is 9.53 Å². The smallest absolute Gasteiger partial charge is 0.252 e. The fourth-order valence-electron chi connectivity index (χ4n) is 4.82. The molecule has 0 radical (unpaired) electrons. The van der Waals surface area contributed by atoms with Crippen molar-refractivity contribution >= 4 is 16.8 Å². The Bertz CT molecular complexity index is 1630. The van der Waals surface area contributed by atoms with Gasteiger partial charge in [-0.15, -0.1) is 0 Å². The van der Waals surface area contributed by atoms with E-state index >= 15 is 0 Å². The van der Waals surface area contributed by atoms with Crippen molar-refractivity contribution in [3.8, 4) is 22.7 Å². The van der Waals surface area contributed by atoms with E-state index in [9.17, 15) is 4.79 Å². The lowest BCUT2D eigenvalue weighted by Gasteiger charge is -2.21. The molecule has 1 aliphatic carbocycles. The van der Waals surface area contributed by atoms with Gasteiger partial charge in [0, 0.05) is 28.9 Å². The van der Waals surface area contributed by atoms with Gasteiger partial charge in [0.15, 0.2) is 0 Å². The molecule has 0 aliphatic heterocycles. The predicted molar refractivity (Wildman–Crippen MR) is 145 cm³/mol. The van der Waals surface area contributed by atoms with E-state index < -0.39 is 5.54 Å². The first-order valence-electron chi connectivity index (χ1n) is 12.3. The molecule has 182 valence electrons. The van der Waals surface area contributed by atoms with Crippen molar-refractivity contribution in [1.82, 2.24) is 20.1 Å². The molecule has 0 atom stereocenters. The number of fused-ring (bicyclic) bond motifs is 1. The molecule has 1 fully saturated rings. The lowest BCUT2D eigenvalue weighted by Crippen LogP contribution is -2.35. The summed E-state index contributed by atoms with van der Waals surface area (Å²) < 4.78 is 7.27. The molecule has 2 heterocycles. The monoisotopic (exact) mass is 486 g/mol. The van der Waals surface area contributed by atoms with Gasteiger partial charge in [-0.05, 0) is 79.4 Å². The Labute approximate surface area is 215 Å². The highest BCUT2D eigenvalue weighted by Crippen LogP contribution is 2.49. The minimum absolute atomic E-state index is 0.125. The molecule has 5 aromatic rings. The topological polar surface area (TPSA) is 69.0 Å². The van der Waals surface area contributed by atoms with Crippen molar-refractivity contribution in [2.45, 2.75) is 25.3 Å². The zero-order valence-electron chi connectivity index (χ0n) is 20.5. The summed E-state index contributed by atoms with van der Waals surface area (Å²) in [4.78, 5) is 18.1. The summed E-state index contributed by atoms with van der Waals surface area (Å²) in [6.07, 6.45) is 6.82. The van der Waals surface area contributed by atoms with Gasteiger partial charge < -0.3 is 10.1 Å². The number of amides is 1. The first kappa shape index (κ1) is 22.7. The predicted octanol–water partition coefficient (Wildman–Crippen LogP) is 6.34. The third-order valence-corrected chi connectivity index (χ3v) is 6.92. The van der Waals surface area contributed by atoms with E-state index in [0.29, 0.717) is 11.3 Å². The maximum Gasteiger partial charge on any atom is 0.252 e. The number of carbonyl (C=O) groups is 1. The van der Waals surface area contributed by atoms with E-state index in [2.05, 4.69) is 35.1 Å². The van der Waals surface area contributed by atoms with Gasteiger partial charge in [0.1, 0.15) is 5.75 Å². The molecule has 6 nitrogen and oxygen atoms in total. The number of aromatic nitrogens is 3. The van der Waals surface area contributed by atoms with Crippen molar-refractivity contribution in [3.05, 3.63) is 121 Å². The molecule has 0 bridgehead atoms. The maximum atomic E-state index is 13.5. The Morgan fingerprint density at radius 2 is 1.89 bits per heavy atom. The molecule has 37 heavy (non-hydrogen) atoms. The van der Waals surface area contributed by atoms with Gasteiger partial charge in [0.05, 0.1) is 28.7 Å². The first-order chi connectivity index (χ1) is 18.1. The number of rotatable bonds is 7. The van der Waals surface area contributed by atoms with E-state index in [1.54, 1.807) is 12.3 Å². The van der Waals surface area contributed by atoms with Gasteiger partial charge in [-0.3, -0.25) is 9.78 Å². The molecule has 1 amide bonds. The number of carbonyl (C=O) groups excluding carboxylic acids is 1. The average molecular weight is 487 g/mol. The Morgan fingerprint density at radius 3 is 2.68 bits per heavy atom. The number of hydrogen-bond acceptors (Lipinski definition) is 4. The number of nitrogens with one attached hydrogen (secondary N) is 1. The quantitative estimate of drug-likeness (QED) is 0.273. The Hall–Kier alpha value is -4.71. The van der Waals surface area contributed by atoms with Crippen LogP contribution in [0.25, 0.3) is 27.8 Å². The van der Waals surface area contributed by atoms with E-state index in [0.717, 1.165) is 51.8 Å². The lowest BCUT2D eigenvalue weighted by molar-refractivity contribution is 0.0930. The Balaban J connectivity index is 1.39. The number of aryl methyl sites for hydroxylation is 1. The van der Waals surface area contributed by atoms with Crippen LogP contribution in [0.2, 0.25) is 0 Å². The summed E-state index contributed by atoms with van der Waals surface area (Å²) in [6.45, 7) is 5.53. The number of benzene rings is 3. The van der Waals surface area contributed by atoms with Crippen LogP contribution in [0.4, 0.5) is 0 Å². The van der Waals surface area contributed by atoms with Gasteiger partial charge in [0.25, 0.3) is 5.91 Å². The molecular formula is C31H26N4O2. The molecule has 0 unspecified atom stereocenters. The molecule has 1 aliphatic rings. The van der Waals surface area contributed by atoms with Crippen LogP contribution in [0.1, 0.15) is 34.3 Å². The van der Waals surface area contributed by atoms with Gasteiger partial charge in [-0.25, -0.2) is 4.68 Å². The highest BCUT2D eigenvalue weighted by molar-refractivity contribution is 5.98. The number of para-hydroxylation sites is 1. The zero-order valence-corrected chi connectivity index (χ0v) is 20.5. The van der Waals surface area contributed by atoms with E-state index in [-0.39, 0.29) is 5.91 Å². The van der Waals surface area contributed by atoms with Crippen LogP contribution in [0, 0.1) is 6.92 Å². The molecule has 1 saturated carbocycles. The van der Waals surface area contributed by atoms with Crippen molar-refractivity contribution in [2.75, 3.05) is 0 Å². The fourth-order valence-corrected chi connectivity index (χ4v) is 4.82. The summed E-state index contributed by atoms with van der Waals surface area (Å²) in [5.41, 5.74) is 5.77. The second kappa shape index (κ2) is 9.06. The minimum Gasteiger partial charge on any atom is -0.466 e. The molecular weight excluding hydrogens is 460 g/mol. The molecule has 6 rings (SSSR count). The van der Waals surface area contributed by atoms with Crippen LogP contribution in [0.15, 0.2) is 104 Å². The van der Waals surface area contributed by atoms with Crippen LogP contribution in [0.5, 0.6) is 5.75 Å². The summed E-state index contributed by atoms with van der Waals surface area (Å²) in [5, 5.41) is 9.20. The number of hydrogen-bond donors (Lipinski definition) is 1. The summed E-state index contributed by atoms with van der Waals surface area (Å²) >= 11 is 0. The zero-order chi connectivity index (χ0) is 25.4. The van der Waals surface area contributed by atoms with Crippen LogP contribution in [-0.4, -0.2) is 20.7 Å². The Kier molecular flexibility index (Phi) is 5.57. The third kappa shape index (κ3) is 4.27. The average Bonchev–Trinajstić information content (AvgIpc) is 3.53. The summed E-state index contributed by atoms with van der Waals surface area (Å²) in [5.74, 6) is 0.460. The third-order valence-electron chi connectivity index (χ3n) is 6.92. The summed E-state index contributed by atoms with van der Waals surface area (Å²) in [6, 6.07) is 25.7. The molecule has 6 heteroatoms. The van der Waals surface area contributed by atoms with Gasteiger partial charge in [0.2, 0.25) is 0 Å². The summed E-state index contributed by atoms with van der Waals surface area (Å²) in [7, 11) is 0.